The number of likely N-dealkylation sites (N-methyl/N-ethyl adjacent to an activating group) is 1. The van der Waals surface area contributed by atoms with Crippen molar-refractivity contribution in [3.8, 4) is 0 Å². The molecular formula is C13H24N2O2. The fourth-order valence-electron chi connectivity index (χ4n) is 2.84. The second-order valence-corrected chi connectivity index (χ2v) is 5.55. The van der Waals surface area contributed by atoms with Crippen LogP contribution in [0.15, 0.2) is 0 Å². The minimum absolute atomic E-state index is 0.158. The third kappa shape index (κ3) is 3.42. The highest BCUT2D eigenvalue weighted by atomic mass is 16.5. The van der Waals surface area contributed by atoms with Gasteiger partial charge in [0.15, 0.2) is 0 Å². The van der Waals surface area contributed by atoms with Crippen LogP contribution >= 0.6 is 0 Å². The van der Waals surface area contributed by atoms with Gasteiger partial charge in [-0.3, -0.25) is 4.79 Å². The topological polar surface area (TPSA) is 41.6 Å². The van der Waals surface area contributed by atoms with Gasteiger partial charge in [0.05, 0.1) is 12.0 Å². The van der Waals surface area contributed by atoms with Crippen LogP contribution in [0.5, 0.6) is 0 Å². The van der Waals surface area contributed by atoms with E-state index in [2.05, 4.69) is 12.2 Å². The predicted molar refractivity (Wildman–Crippen MR) is 66.8 cm³/mol. The number of hydrogen-bond acceptors (Lipinski definition) is 3. The fraction of sp³-hybridized carbons (Fsp3) is 0.923. The van der Waals surface area contributed by atoms with Gasteiger partial charge in [-0.1, -0.05) is 6.92 Å². The van der Waals surface area contributed by atoms with Gasteiger partial charge in [-0.05, 0) is 31.7 Å². The Kier molecular flexibility index (Phi) is 4.40. The molecule has 0 aromatic rings. The molecular weight excluding hydrogens is 216 g/mol. The number of amides is 1. The predicted octanol–water partition coefficient (Wildman–Crippen LogP) is 0.869. The van der Waals surface area contributed by atoms with Gasteiger partial charge in [-0.2, -0.15) is 0 Å². The first-order valence-corrected chi connectivity index (χ1v) is 6.74. The first-order chi connectivity index (χ1) is 8.16. The molecule has 2 rings (SSSR count). The van der Waals surface area contributed by atoms with Gasteiger partial charge in [0.25, 0.3) is 0 Å². The second kappa shape index (κ2) is 5.83. The van der Waals surface area contributed by atoms with E-state index in [4.69, 9.17) is 4.74 Å². The summed E-state index contributed by atoms with van der Waals surface area (Å²) in [5.41, 5.74) is 0. The van der Waals surface area contributed by atoms with Crippen LogP contribution in [-0.4, -0.2) is 50.2 Å². The SMILES string of the molecule is CC1CNCC(C(=O)N(C)CC2CCCO2)C1. The van der Waals surface area contributed by atoms with Crippen molar-refractivity contribution in [2.75, 3.05) is 33.3 Å². The van der Waals surface area contributed by atoms with E-state index in [1.54, 1.807) is 0 Å². The molecule has 0 aromatic heterocycles. The van der Waals surface area contributed by atoms with Crippen molar-refractivity contribution in [1.82, 2.24) is 10.2 Å². The molecule has 2 aliphatic rings. The second-order valence-electron chi connectivity index (χ2n) is 5.55. The quantitative estimate of drug-likeness (QED) is 0.796. The number of nitrogens with one attached hydrogen (secondary N) is 1. The van der Waals surface area contributed by atoms with E-state index in [1.807, 2.05) is 11.9 Å². The molecule has 2 saturated heterocycles. The Bertz CT molecular complexity index is 264. The van der Waals surface area contributed by atoms with Crippen molar-refractivity contribution in [3.05, 3.63) is 0 Å². The summed E-state index contributed by atoms with van der Waals surface area (Å²) in [7, 11) is 1.91. The maximum Gasteiger partial charge on any atom is 0.226 e. The van der Waals surface area contributed by atoms with Crippen molar-refractivity contribution >= 4 is 5.91 Å². The smallest absolute Gasteiger partial charge is 0.226 e. The molecule has 2 heterocycles. The molecule has 0 bridgehead atoms. The first-order valence-electron chi connectivity index (χ1n) is 6.74. The van der Waals surface area contributed by atoms with Crippen molar-refractivity contribution < 1.29 is 9.53 Å². The summed E-state index contributed by atoms with van der Waals surface area (Å²) in [5.74, 6) is 1.04. The molecule has 0 spiro atoms. The van der Waals surface area contributed by atoms with Crippen molar-refractivity contribution in [2.24, 2.45) is 11.8 Å². The summed E-state index contributed by atoms with van der Waals surface area (Å²) in [6.07, 6.45) is 3.51. The van der Waals surface area contributed by atoms with Gasteiger partial charge in [0.1, 0.15) is 0 Å². The lowest BCUT2D eigenvalue weighted by Crippen LogP contribution is -2.45. The summed E-state index contributed by atoms with van der Waals surface area (Å²) in [4.78, 5) is 14.1. The number of ether oxygens (including phenoxy) is 1. The number of rotatable bonds is 3. The molecule has 0 radical (unpaired) electrons. The molecule has 3 unspecified atom stereocenters. The number of carbonyl (C=O) groups is 1. The Morgan fingerprint density at radius 1 is 1.47 bits per heavy atom. The van der Waals surface area contributed by atoms with Gasteiger partial charge in [-0.25, -0.2) is 0 Å². The van der Waals surface area contributed by atoms with E-state index in [0.717, 1.165) is 45.5 Å². The molecule has 17 heavy (non-hydrogen) atoms. The molecule has 98 valence electrons. The molecule has 0 aliphatic carbocycles. The van der Waals surface area contributed by atoms with Crippen LogP contribution in [0.4, 0.5) is 0 Å². The van der Waals surface area contributed by atoms with Gasteiger partial charge in [-0.15, -0.1) is 0 Å². The summed E-state index contributed by atoms with van der Waals surface area (Å²) >= 11 is 0. The Hall–Kier alpha value is -0.610. The van der Waals surface area contributed by atoms with Crippen LogP contribution in [0.1, 0.15) is 26.2 Å². The normalized spacial score (nSPS) is 33.6. The zero-order valence-corrected chi connectivity index (χ0v) is 10.9. The monoisotopic (exact) mass is 240 g/mol. The van der Waals surface area contributed by atoms with E-state index in [9.17, 15) is 4.79 Å². The van der Waals surface area contributed by atoms with Crippen LogP contribution in [0.3, 0.4) is 0 Å². The lowest BCUT2D eigenvalue weighted by molar-refractivity contribution is -0.136. The Morgan fingerprint density at radius 3 is 2.94 bits per heavy atom. The molecule has 3 atom stereocenters. The summed E-state index contributed by atoms with van der Waals surface area (Å²) in [6.45, 7) is 5.68. The molecule has 1 N–H and O–H groups in total. The standard InChI is InChI=1S/C13H24N2O2/c1-10-6-11(8-14-7-10)13(16)15(2)9-12-4-3-5-17-12/h10-12,14H,3-9H2,1-2H3. The van der Waals surface area contributed by atoms with Gasteiger partial charge >= 0.3 is 0 Å². The van der Waals surface area contributed by atoms with E-state index < -0.39 is 0 Å². The van der Waals surface area contributed by atoms with Gasteiger partial charge in [0, 0.05) is 26.7 Å². The van der Waals surface area contributed by atoms with E-state index in [0.29, 0.717) is 5.92 Å². The minimum Gasteiger partial charge on any atom is -0.376 e. The maximum absolute atomic E-state index is 12.3. The third-order valence-corrected chi connectivity index (χ3v) is 3.80. The highest BCUT2D eigenvalue weighted by molar-refractivity contribution is 5.79. The van der Waals surface area contributed by atoms with Crippen molar-refractivity contribution in [1.29, 1.82) is 0 Å². The Labute approximate surface area is 104 Å². The van der Waals surface area contributed by atoms with Crippen LogP contribution in [0, 0.1) is 11.8 Å². The summed E-state index contributed by atoms with van der Waals surface area (Å²) < 4.78 is 5.57. The fourth-order valence-corrected chi connectivity index (χ4v) is 2.84. The average molecular weight is 240 g/mol. The largest absolute Gasteiger partial charge is 0.376 e. The molecule has 2 aliphatic heterocycles. The minimum atomic E-state index is 0.158. The van der Waals surface area contributed by atoms with Crippen molar-refractivity contribution in [3.63, 3.8) is 0 Å². The van der Waals surface area contributed by atoms with Crippen LogP contribution in [-0.2, 0) is 9.53 Å². The molecule has 2 fully saturated rings. The maximum atomic E-state index is 12.3. The number of piperidine rings is 1. The lowest BCUT2D eigenvalue weighted by atomic mass is 9.91. The highest BCUT2D eigenvalue weighted by Crippen LogP contribution is 2.19. The van der Waals surface area contributed by atoms with E-state index >= 15 is 0 Å². The highest BCUT2D eigenvalue weighted by Gasteiger charge is 2.28. The third-order valence-electron chi connectivity index (χ3n) is 3.80. The molecule has 1 amide bonds. The van der Waals surface area contributed by atoms with Crippen LogP contribution in [0.25, 0.3) is 0 Å². The number of nitrogens with zero attached hydrogens (tertiary/aromatic N) is 1. The molecule has 4 nitrogen and oxygen atoms in total. The van der Waals surface area contributed by atoms with Crippen LogP contribution < -0.4 is 5.32 Å². The van der Waals surface area contributed by atoms with E-state index in [1.165, 1.54) is 0 Å². The number of carbonyl (C=O) groups excluding carboxylic acids is 1. The summed E-state index contributed by atoms with van der Waals surface area (Å²) in [5, 5.41) is 3.34. The zero-order chi connectivity index (χ0) is 12.3. The Morgan fingerprint density at radius 2 is 2.29 bits per heavy atom. The lowest BCUT2D eigenvalue weighted by Gasteiger charge is -2.31. The van der Waals surface area contributed by atoms with E-state index in [-0.39, 0.29) is 17.9 Å². The van der Waals surface area contributed by atoms with Crippen molar-refractivity contribution in [2.45, 2.75) is 32.3 Å². The zero-order valence-electron chi connectivity index (χ0n) is 10.9. The van der Waals surface area contributed by atoms with Gasteiger partial charge in [0.2, 0.25) is 5.91 Å². The Balaban J connectivity index is 1.81. The molecule has 4 heteroatoms. The average Bonchev–Trinajstić information content (AvgIpc) is 2.80. The first kappa shape index (κ1) is 12.8. The molecule has 0 aromatic carbocycles. The summed E-state index contributed by atoms with van der Waals surface area (Å²) in [6, 6.07) is 0. The van der Waals surface area contributed by atoms with Gasteiger partial charge < -0.3 is 15.0 Å². The van der Waals surface area contributed by atoms with Crippen LogP contribution in [0.2, 0.25) is 0 Å². The number of hydrogen-bond donors (Lipinski definition) is 1. The molecule has 0 saturated carbocycles.